The molecule has 5 rings (SSSR count). The number of carbonyl (C=O) groups is 1. The van der Waals surface area contributed by atoms with E-state index >= 15 is 0 Å². The number of nitriles is 1. The molecule has 3 aromatic rings. The fourth-order valence-corrected chi connectivity index (χ4v) is 6.10. The summed E-state index contributed by atoms with van der Waals surface area (Å²) in [7, 11) is 0. The van der Waals surface area contributed by atoms with Crippen molar-refractivity contribution < 1.29 is 13.9 Å². The van der Waals surface area contributed by atoms with Crippen molar-refractivity contribution in [2.75, 3.05) is 31.1 Å². The molecule has 2 unspecified atom stereocenters. The van der Waals surface area contributed by atoms with Crippen molar-refractivity contribution in [1.29, 1.82) is 5.26 Å². The minimum Gasteiger partial charge on any atom is -0.490 e. The van der Waals surface area contributed by atoms with Gasteiger partial charge in [0.2, 0.25) is 5.91 Å². The van der Waals surface area contributed by atoms with Crippen molar-refractivity contribution in [2.24, 2.45) is 17.8 Å². The topological polar surface area (TPSA) is 69.5 Å². The second-order valence-corrected chi connectivity index (χ2v) is 10.9. The minimum atomic E-state index is -0.402. The lowest BCUT2D eigenvalue weighted by Crippen LogP contribution is -2.52. The Morgan fingerprint density at radius 3 is 2.54 bits per heavy atom. The number of anilines is 1. The number of amides is 1. The van der Waals surface area contributed by atoms with Gasteiger partial charge in [-0.1, -0.05) is 29.8 Å². The zero-order valence-electron chi connectivity index (χ0n) is 21.9. The molecule has 0 spiro atoms. The number of rotatable bonds is 6. The Kier molecular flexibility index (Phi) is 8.33. The van der Waals surface area contributed by atoms with Crippen LogP contribution in [0.3, 0.4) is 0 Å². The third-order valence-corrected chi connectivity index (χ3v) is 8.34. The van der Waals surface area contributed by atoms with Crippen LogP contribution in [0.25, 0.3) is 0 Å². The van der Waals surface area contributed by atoms with E-state index in [1.807, 2.05) is 54.3 Å². The summed E-state index contributed by atoms with van der Waals surface area (Å²) in [6, 6.07) is 22.0. The summed E-state index contributed by atoms with van der Waals surface area (Å²) in [5.74, 6) is 0.624. The Morgan fingerprint density at radius 2 is 1.85 bits per heavy atom. The maximum Gasteiger partial charge on any atom is 0.227 e. The quantitative estimate of drug-likeness (QED) is 0.383. The summed E-state index contributed by atoms with van der Waals surface area (Å²) in [5.41, 5.74) is 1.10. The molecule has 6 nitrogen and oxygen atoms in total. The lowest BCUT2D eigenvalue weighted by atomic mass is 9.77. The average Bonchev–Trinajstić information content (AvgIpc) is 2.98. The van der Waals surface area contributed by atoms with E-state index in [9.17, 15) is 14.4 Å². The molecule has 0 saturated carbocycles. The van der Waals surface area contributed by atoms with Gasteiger partial charge < -0.3 is 14.5 Å². The van der Waals surface area contributed by atoms with E-state index in [4.69, 9.17) is 16.3 Å². The Balaban J connectivity index is 1.32. The van der Waals surface area contributed by atoms with E-state index < -0.39 is 5.92 Å². The highest BCUT2D eigenvalue weighted by Crippen LogP contribution is 2.38. The maximum atomic E-state index is 13.8. The maximum absolute atomic E-state index is 13.8. The first-order valence-electron chi connectivity index (χ1n) is 13.4. The predicted molar refractivity (Wildman–Crippen MR) is 149 cm³/mol. The van der Waals surface area contributed by atoms with E-state index in [2.05, 4.69) is 16.0 Å². The molecule has 2 aliphatic heterocycles. The van der Waals surface area contributed by atoms with Crippen LogP contribution in [0, 0.1) is 34.9 Å². The summed E-state index contributed by atoms with van der Waals surface area (Å²) in [6.07, 6.45) is 2.96. The molecule has 0 aliphatic carbocycles. The van der Waals surface area contributed by atoms with Gasteiger partial charge in [-0.05, 0) is 73.9 Å². The van der Waals surface area contributed by atoms with Gasteiger partial charge >= 0.3 is 0 Å². The molecule has 39 heavy (non-hydrogen) atoms. The van der Waals surface area contributed by atoms with Crippen LogP contribution in [0.5, 0.6) is 5.75 Å². The number of halogens is 2. The molecule has 2 fully saturated rings. The zero-order valence-corrected chi connectivity index (χ0v) is 22.7. The molecule has 0 bridgehead atoms. The summed E-state index contributed by atoms with van der Waals surface area (Å²) >= 11 is 6.18. The molecular formula is C31H32ClFN4O2. The highest BCUT2D eigenvalue weighted by atomic mass is 35.5. The Hall–Kier alpha value is -3.63. The Bertz CT molecular complexity index is 1300. The predicted octanol–water partition coefficient (Wildman–Crippen LogP) is 5.94. The van der Waals surface area contributed by atoms with Crippen molar-refractivity contribution in [3.05, 3.63) is 89.3 Å². The van der Waals surface area contributed by atoms with E-state index in [-0.39, 0.29) is 35.6 Å². The van der Waals surface area contributed by atoms with Crippen LogP contribution in [0.1, 0.15) is 31.2 Å². The number of likely N-dealkylation sites (tertiary alicyclic amines) is 1. The molecule has 2 aromatic carbocycles. The Morgan fingerprint density at radius 1 is 1.08 bits per heavy atom. The monoisotopic (exact) mass is 546 g/mol. The Labute approximate surface area is 234 Å². The van der Waals surface area contributed by atoms with Crippen molar-refractivity contribution >= 4 is 23.3 Å². The molecule has 2 saturated heterocycles. The molecule has 2 aliphatic rings. The molecule has 1 aromatic heterocycles. The third kappa shape index (κ3) is 6.17. The molecule has 5 atom stereocenters. The van der Waals surface area contributed by atoms with Crippen LogP contribution < -0.4 is 9.64 Å². The van der Waals surface area contributed by atoms with E-state index in [0.717, 1.165) is 17.8 Å². The summed E-state index contributed by atoms with van der Waals surface area (Å²) < 4.78 is 19.6. The number of carbonyl (C=O) groups excluding carboxylic acids is 1. The van der Waals surface area contributed by atoms with Crippen LogP contribution in [-0.4, -0.2) is 48.1 Å². The molecule has 1 amide bonds. The first-order chi connectivity index (χ1) is 18.9. The van der Waals surface area contributed by atoms with Gasteiger partial charge in [0.25, 0.3) is 0 Å². The van der Waals surface area contributed by atoms with E-state index in [1.165, 1.54) is 12.1 Å². The SMILES string of the molecule is C[C@H](Oc1ccc(F)cc1)[C@H]1CCN(C(=O)C2CCN(c3ccccn3)CC2C#N)C[C@@H]1c1ccc(Cl)cc1. The van der Waals surface area contributed by atoms with Crippen LogP contribution in [0.15, 0.2) is 72.9 Å². The fraction of sp³-hybridized carbons (Fsp3) is 0.387. The average molecular weight is 547 g/mol. The number of benzene rings is 2. The number of hydrogen-bond donors (Lipinski definition) is 0. The third-order valence-electron chi connectivity index (χ3n) is 8.08. The lowest BCUT2D eigenvalue weighted by molar-refractivity contribution is -0.139. The molecule has 202 valence electrons. The molecule has 0 N–H and O–H groups in total. The van der Waals surface area contributed by atoms with Gasteiger partial charge in [-0.3, -0.25) is 4.79 Å². The number of nitrogens with zero attached hydrogens (tertiary/aromatic N) is 4. The van der Waals surface area contributed by atoms with Gasteiger partial charge in [-0.2, -0.15) is 5.26 Å². The second kappa shape index (κ2) is 12.0. The van der Waals surface area contributed by atoms with Crippen molar-refractivity contribution in [2.45, 2.75) is 31.8 Å². The number of ether oxygens (including phenoxy) is 1. The van der Waals surface area contributed by atoms with E-state index in [1.54, 1.807) is 18.3 Å². The highest BCUT2D eigenvalue weighted by molar-refractivity contribution is 6.30. The van der Waals surface area contributed by atoms with Gasteiger partial charge in [0, 0.05) is 49.2 Å². The van der Waals surface area contributed by atoms with Crippen molar-refractivity contribution in [3.8, 4) is 11.8 Å². The number of piperidine rings is 2. The lowest BCUT2D eigenvalue weighted by Gasteiger charge is -2.44. The number of aromatic nitrogens is 1. The van der Waals surface area contributed by atoms with Gasteiger partial charge in [0.05, 0.1) is 24.0 Å². The van der Waals surface area contributed by atoms with Crippen LogP contribution in [0.4, 0.5) is 10.2 Å². The fourth-order valence-electron chi connectivity index (χ4n) is 5.97. The molecule has 0 radical (unpaired) electrons. The first kappa shape index (κ1) is 27.0. The summed E-state index contributed by atoms with van der Waals surface area (Å²) in [4.78, 5) is 22.3. The highest BCUT2D eigenvalue weighted by Gasteiger charge is 2.41. The van der Waals surface area contributed by atoms with Crippen molar-refractivity contribution in [3.63, 3.8) is 0 Å². The largest absolute Gasteiger partial charge is 0.490 e. The molecule has 3 heterocycles. The van der Waals surface area contributed by atoms with E-state index in [0.29, 0.717) is 43.4 Å². The van der Waals surface area contributed by atoms with Gasteiger partial charge in [-0.25, -0.2) is 9.37 Å². The van der Waals surface area contributed by atoms with Crippen LogP contribution >= 0.6 is 11.6 Å². The summed E-state index contributed by atoms with van der Waals surface area (Å²) in [6.45, 7) is 4.35. The van der Waals surface area contributed by atoms with Gasteiger partial charge in [0.1, 0.15) is 17.4 Å². The normalized spacial score (nSPS) is 24.1. The van der Waals surface area contributed by atoms with Crippen molar-refractivity contribution in [1.82, 2.24) is 9.88 Å². The zero-order chi connectivity index (χ0) is 27.4. The standard InChI is InChI=1S/C31H32ClFN4O2/c1-21(39-26-11-9-25(33)10-12-26)27-13-17-37(20-29(27)22-5-7-24(32)8-6-22)31(38)28-14-16-36(19-23(28)18-34)30-4-2-3-15-35-30/h2-12,15,21,23,27-29H,13-14,16-17,19-20H2,1H3/t21-,23?,27+,28?,29+/m0/s1. The number of hydrogen-bond acceptors (Lipinski definition) is 5. The van der Waals surface area contributed by atoms with Crippen LogP contribution in [0.2, 0.25) is 5.02 Å². The first-order valence-corrected chi connectivity index (χ1v) is 13.8. The molecule has 8 heteroatoms. The van der Waals surface area contributed by atoms with Gasteiger partial charge in [-0.15, -0.1) is 0 Å². The number of pyridine rings is 1. The van der Waals surface area contributed by atoms with Gasteiger partial charge in [0.15, 0.2) is 0 Å². The molecular weight excluding hydrogens is 515 g/mol. The van der Waals surface area contributed by atoms with Crippen LogP contribution in [-0.2, 0) is 4.79 Å². The smallest absolute Gasteiger partial charge is 0.227 e. The summed E-state index contributed by atoms with van der Waals surface area (Å²) in [5, 5.41) is 10.6. The second-order valence-electron chi connectivity index (χ2n) is 10.4. The minimum absolute atomic E-state index is 0.0320.